The number of rotatable bonds is 5. The third-order valence-corrected chi connectivity index (χ3v) is 6.77. The van der Waals surface area contributed by atoms with Crippen molar-refractivity contribution in [1.82, 2.24) is 9.62 Å². The molecule has 0 radical (unpaired) electrons. The Kier molecular flexibility index (Phi) is 6.38. The van der Waals surface area contributed by atoms with E-state index in [1.54, 1.807) is 20.8 Å². The van der Waals surface area contributed by atoms with Gasteiger partial charge in [0.25, 0.3) is 0 Å². The number of carbonyl (C=O) groups excluding carboxylic acids is 1. The van der Waals surface area contributed by atoms with Gasteiger partial charge in [-0.05, 0) is 57.0 Å². The van der Waals surface area contributed by atoms with Crippen LogP contribution in [0.2, 0.25) is 0 Å². The van der Waals surface area contributed by atoms with E-state index in [-0.39, 0.29) is 17.4 Å². The van der Waals surface area contributed by atoms with Gasteiger partial charge in [0.15, 0.2) is 0 Å². The zero-order valence-electron chi connectivity index (χ0n) is 17.7. The van der Waals surface area contributed by atoms with Gasteiger partial charge >= 0.3 is 6.09 Å². The SMILES string of the molecule is CC(C)(C)NS(=O)(=O)c1ccc(NC(=O)[C@@H]2C[C@@H](c3ccccc3)CN2C(=O)O)cc1. The van der Waals surface area contributed by atoms with Gasteiger partial charge in [-0.25, -0.2) is 17.9 Å². The Morgan fingerprint density at radius 1 is 1.03 bits per heavy atom. The zero-order valence-corrected chi connectivity index (χ0v) is 18.5. The van der Waals surface area contributed by atoms with Crippen LogP contribution in [-0.4, -0.2) is 48.6 Å². The molecular weight excluding hydrogens is 418 g/mol. The molecule has 1 aliphatic heterocycles. The number of carboxylic acid groups (broad SMARTS) is 1. The number of anilines is 1. The highest BCUT2D eigenvalue weighted by Gasteiger charge is 2.40. The maximum Gasteiger partial charge on any atom is 0.408 e. The van der Waals surface area contributed by atoms with Crippen LogP contribution >= 0.6 is 0 Å². The first kappa shape index (κ1) is 22.8. The summed E-state index contributed by atoms with van der Waals surface area (Å²) in [4.78, 5) is 25.7. The third-order valence-electron chi connectivity index (χ3n) is 4.99. The molecule has 1 aliphatic rings. The van der Waals surface area contributed by atoms with Gasteiger partial charge in [0.05, 0.1) is 4.90 Å². The Morgan fingerprint density at radius 3 is 2.19 bits per heavy atom. The van der Waals surface area contributed by atoms with Crippen molar-refractivity contribution in [2.24, 2.45) is 0 Å². The predicted octanol–water partition coefficient (Wildman–Crippen LogP) is 3.24. The number of carbonyl (C=O) groups is 2. The lowest BCUT2D eigenvalue weighted by molar-refractivity contribution is -0.119. The Labute approximate surface area is 182 Å². The molecule has 3 rings (SSSR count). The van der Waals surface area contributed by atoms with Crippen LogP contribution in [0.1, 0.15) is 38.7 Å². The summed E-state index contributed by atoms with van der Waals surface area (Å²) in [6.07, 6.45) is -0.766. The molecule has 0 unspecified atom stereocenters. The number of amides is 2. The number of nitrogens with zero attached hydrogens (tertiary/aromatic N) is 1. The minimum atomic E-state index is -3.69. The second-order valence-electron chi connectivity index (χ2n) is 8.66. The van der Waals surface area contributed by atoms with Gasteiger partial charge in [0.2, 0.25) is 15.9 Å². The van der Waals surface area contributed by atoms with Crippen molar-refractivity contribution in [3.63, 3.8) is 0 Å². The number of nitrogens with one attached hydrogen (secondary N) is 2. The molecule has 2 amide bonds. The fourth-order valence-electron chi connectivity index (χ4n) is 3.67. The van der Waals surface area contributed by atoms with Crippen molar-refractivity contribution in [1.29, 1.82) is 0 Å². The lowest BCUT2D eigenvalue weighted by Gasteiger charge is -2.21. The average molecular weight is 446 g/mol. The fraction of sp³-hybridized carbons (Fsp3) is 0.364. The number of hydrogen-bond acceptors (Lipinski definition) is 4. The maximum absolute atomic E-state index is 12.8. The molecule has 166 valence electrons. The summed E-state index contributed by atoms with van der Waals surface area (Å²) in [5.74, 6) is -0.506. The van der Waals surface area contributed by atoms with Crippen molar-refractivity contribution in [3.05, 3.63) is 60.2 Å². The highest BCUT2D eigenvalue weighted by atomic mass is 32.2. The summed E-state index contributed by atoms with van der Waals surface area (Å²) in [6, 6.07) is 14.5. The summed E-state index contributed by atoms with van der Waals surface area (Å²) < 4.78 is 27.4. The number of benzene rings is 2. The molecule has 2 atom stereocenters. The van der Waals surface area contributed by atoms with Gasteiger partial charge in [-0.1, -0.05) is 30.3 Å². The molecule has 1 saturated heterocycles. The van der Waals surface area contributed by atoms with Crippen LogP contribution in [0.3, 0.4) is 0 Å². The van der Waals surface area contributed by atoms with Crippen molar-refractivity contribution in [3.8, 4) is 0 Å². The van der Waals surface area contributed by atoms with E-state index < -0.39 is 33.6 Å². The van der Waals surface area contributed by atoms with Crippen LogP contribution in [0.25, 0.3) is 0 Å². The molecule has 0 bridgehead atoms. The van der Waals surface area contributed by atoms with E-state index in [2.05, 4.69) is 10.0 Å². The summed E-state index contributed by atoms with van der Waals surface area (Å²) in [5.41, 5.74) is 0.766. The van der Waals surface area contributed by atoms with Gasteiger partial charge in [-0.15, -0.1) is 0 Å². The minimum absolute atomic E-state index is 0.0657. The Bertz CT molecular complexity index is 1050. The Hall–Kier alpha value is -2.91. The quantitative estimate of drug-likeness (QED) is 0.653. The second-order valence-corrected chi connectivity index (χ2v) is 10.3. The first-order chi connectivity index (χ1) is 14.5. The molecule has 1 heterocycles. The van der Waals surface area contributed by atoms with E-state index in [1.807, 2.05) is 30.3 Å². The van der Waals surface area contributed by atoms with E-state index in [4.69, 9.17) is 0 Å². The summed E-state index contributed by atoms with van der Waals surface area (Å²) >= 11 is 0. The smallest absolute Gasteiger partial charge is 0.408 e. The molecule has 9 heteroatoms. The standard InChI is InChI=1S/C22H27N3O5S/c1-22(2,3)24-31(29,30)18-11-9-17(10-12-18)23-20(26)19-13-16(14-25(19)21(27)28)15-7-5-4-6-8-15/h4-12,16,19,24H,13-14H2,1-3H3,(H,23,26)(H,27,28)/t16-,19+/m1/s1. The molecule has 31 heavy (non-hydrogen) atoms. The molecule has 8 nitrogen and oxygen atoms in total. The van der Waals surface area contributed by atoms with Gasteiger partial charge in [0, 0.05) is 23.7 Å². The molecule has 1 fully saturated rings. The van der Waals surface area contributed by atoms with Crippen LogP contribution in [0, 0.1) is 0 Å². The molecule has 0 aromatic heterocycles. The Morgan fingerprint density at radius 2 is 1.65 bits per heavy atom. The Balaban J connectivity index is 1.72. The number of hydrogen-bond donors (Lipinski definition) is 3. The molecule has 3 N–H and O–H groups in total. The van der Waals surface area contributed by atoms with Crippen molar-refractivity contribution >= 4 is 27.7 Å². The van der Waals surface area contributed by atoms with Crippen LogP contribution in [0.4, 0.5) is 10.5 Å². The van der Waals surface area contributed by atoms with Crippen LogP contribution in [0.5, 0.6) is 0 Å². The molecule has 0 saturated carbocycles. The molecule has 2 aromatic carbocycles. The van der Waals surface area contributed by atoms with E-state index in [0.717, 1.165) is 10.5 Å². The first-order valence-electron chi connectivity index (χ1n) is 9.96. The normalized spacial score (nSPS) is 19.3. The molecule has 2 aromatic rings. The summed E-state index contributed by atoms with van der Waals surface area (Å²) in [6.45, 7) is 5.49. The predicted molar refractivity (Wildman–Crippen MR) is 117 cm³/mol. The van der Waals surface area contributed by atoms with E-state index >= 15 is 0 Å². The second kappa shape index (κ2) is 8.68. The maximum atomic E-state index is 12.8. The number of sulfonamides is 1. The summed E-state index contributed by atoms with van der Waals surface area (Å²) in [5, 5.41) is 12.3. The van der Waals surface area contributed by atoms with Crippen LogP contribution in [0.15, 0.2) is 59.5 Å². The minimum Gasteiger partial charge on any atom is -0.465 e. The van der Waals surface area contributed by atoms with Gasteiger partial charge in [-0.3, -0.25) is 9.69 Å². The average Bonchev–Trinajstić information content (AvgIpc) is 3.13. The molecule has 0 aliphatic carbocycles. The van der Waals surface area contributed by atoms with E-state index in [1.165, 1.54) is 24.3 Å². The first-order valence-corrected chi connectivity index (χ1v) is 11.4. The van der Waals surface area contributed by atoms with Crippen molar-refractivity contribution in [2.75, 3.05) is 11.9 Å². The van der Waals surface area contributed by atoms with Crippen molar-refractivity contribution < 1.29 is 23.1 Å². The molecule has 0 spiro atoms. The monoisotopic (exact) mass is 445 g/mol. The van der Waals surface area contributed by atoms with Gasteiger partial charge in [0.1, 0.15) is 6.04 Å². The largest absolute Gasteiger partial charge is 0.465 e. The van der Waals surface area contributed by atoms with Crippen LogP contribution < -0.4 is 10.0 Å². The molecular formula is C22H27N3O5S. The lowest BCUT2D eigenvalue weighted by Crippen LogP contribution is -2.42. The van der Waals surface area contributed by atoms with Gasteiger partial charge < -0.3 is 10.4 Å². The highest BCUT2D eigenvalue weighted by molar-refractivity contribution is 7.89. The van der Waals surface area contributed by atoms with Gasteiger partial charge in [-0.2, -0.15) is 0 Å². The van der Waals surface area contributed by atoms with Crippen LogP contribution in [-0.2, 0) is 14.8 Å². The topological polar surface area (TPSA) is 116 Å². The van der Waals surface area contributed by atoms with E-state index in [0.29, 0.717) is 12.1 Å². The highest BCUT2D eigenvalue weighted by Crippen LogP contribution is 2.32. The zero-order chi connectivity index (χ0) is 22.8. The van der Waals surface area contributed by atoms with Crippen molar-refractivity contribution in [2.45, 2.75) is 49.6 Å². The summed E-state index contributed by atoms with van der Waals surface area (Å²) in [7, 11) is -3.69. The fourth-order valence-corrected chi connectivity index (χ4v) is 5.09. The lowest BCUT2D eigenvalue weighted by atomic mass is 9.96. The third kappa shape index (κ3) is 5.62. The number of likely N-dealkylation sites (tertiary alicyclic amines) is 1. The van der Waals surface area contributed by atoms with E-state index in [9.17, 15) is 23.1 Å².